The van der Waals surface area contributed by atoms with Gasteiger partial charge in [-0.1, -0.05) is 12.1 Å². The molecule has 2 aromatic carbocycles. The van der Waals surface area contributed by atoms with Gasteiger partial charge in [0.05, 0.1) is 17.6 Å². The second-order valence-electron chi connectivity index (χ2n) is 5.71. The highest BCUT2D eigenvalue weighted by atomic mass is 32.2. The lowest BCUT2D eigenvalue weighted by Gasteiger charge is -2.23. The maximum absolute atomic E-state index is 13.6. The molecular formula is C17H20FN3O3S. The molecule has 6 nitrogen and oxygen atoms in total. The Balaban J connectivity index is 2.21. The zero-order chi connectivity index (χ0) is 18.6. The number of carbonyl (C=O) groups is 1. The van der Waals surface area contributed by atoms with Gasteiger partial charge in [-0.15, -0.1) is 0 Å². The third-order valence-corrected chi connectivity index (χ3v) is 4.63. The first kappa shape index (κ1) is 18.7. The van der Waals surface area contributed by atoms with Crippen LogP contribution in [0.5, 0.6) is 0 Å². The van der Waals surface area contributed by atoms with Crippen LogP contribution in [0.25, 0.3) is 0 Å². The largest absolute Gasteiger partial charge is 0.378 e. The smallest absolute Gasteiger partial charge is 0.245 e. The van der Waals surface area contributed by atoms with Crippen LogP contribution in [0.3, 0.4) is 0 Å². The van der Waals surface area contributed by atoms with Gasteiger partial charge in [-0.25, -0.2) is 12.8 Å². The molecule has 8 heteroatoms. The van der Waals surface area contributed by atoms with Crippen LogP contribution in [-0.4, -0.2) is 41.2 Å². The first-order chi connectivity index (χ1) is 11.7. The van der Waals surface area contributed by atoms with E-state index >= 15 is 0 Å². The summed E-state index contributed by atoms with van der Waals surface area (Å²) in [5, 5.41) is 2.38. The lowest BCUT2D eigenvalue weighted by molar-refractivity contribution is -0.114. The second-order valence-corrected chi connectivity index (χ2v) is 7.62. The molecule has 0 aromatic heterocycles. The van der Waals surface area contributed by atoms with Crippen LogP contribution in [0, 0.1) is 5.82 Å². The van der Waals surface area contributed by atoms with Crippen molar-refractivity contribution in [1.29, 1.82) is 0 Å². The molecule has 0 saturated carbocycles. The Kier molecular flexibility index (Phi) is 5.63. The molecule has 2 rings (SSSR count). The topological polar surface area (TPSA) is 69.7 Å². The molecule has 0 fully saturated rings. The van der Waals surface area contributed by atoms with Crippen LogP contribution >= 0.6 is 0 Å². The molecule has 0 heterocycles. The van der Waals surface area contributed by atoms with Gasteiger partial charge in [-0.05, 0) is 36.4 Å². The highest BCUT2D eigenvalue weighted by molar-refractivity contribution is 7.92. The number of hydrogen-bond acceptors (Lipinski definition) is 4. The summed E-state index contributed by atoms with van der Waals surface area (Å²) in [4.78, 5) is 14.1. The Bertz CT molecular complexity index is 852. The third kappa shape index (κ3) is 4.93. The summed E-state index contributed by atoms with van der Waals surface area (Å²) in [5.74, 6) is -1.22. The van der Waals surface area contributed by atoms with E-state index in [1.807, 2.05) is 19.0 Å². The first-order valence-electron chi connectivity index (χ1n) is 7.48. The number of halogens is 1. The molecule has 25 heavy (non-hydrogen) atoms. The Morgan fingerprint density at radius 1 is 1.04 bits per heavy atom. The number of anilines is 3. The third-order valence-electron chi connectivity index (χ3n) is 3.49. The van der Waals surface area contributed by atoms with Crippen LogP contribution in [-0.2, 0) is 14.8 Å². The molecule has 0 unspecified atom stereocenters. The standard InChI is InChI=1S/C17H20FN3O3S/c1-20(2)13-8-10-14(11-9-13)21(25(3,23)24)12-17(22)19-16-7-5-4-6-15(16)18/h4-11H,12H2,1-3H3,(H,19,22). The molecule has 1 amide bonds. The maximum atomic E-state index is 13.6. The van der Waals surface area contributed by atoms with Gasteiger partial charge < -0.3 is 10.2 Å². The van der Waals surface area contributed by atoms with Crippen LogP contribution in [0.2, 0.25) is 0 Å². The summed E-state index contributed by atoms with van der Waals surface area (Å²) in [5.41, 5.74) is 1.26. The van der Waals surface area contributed by atoms with Gasteiger partial charge in [0.25, 0.3) is 0 Å². The molecule has 0 aliphatic carbocycles. The number of nitrogens with zero attached hydrogens (tertiary/aromatic N) is 2. The van der Waals surface area contributed by atoms with E-state index in [0.29, 0.717) is 5.69 Å². The fourth-order valence-corrected chi connectivity index (χ4v) is 3.06. The highest BCUT2D eigenvalue weighted by Gasteiger charge is 2.21. The lowest BCUT2D eigenvalue weighted by atomic mass is 10.2. The van der Waals surface area contributed by atoms with Crippen molar-refractivity contribution in [3.8, 4) is 0 Å². The number of para-hydroxylation sites is 1. The number of rotatable bonds is 6. The quantitative estimate of drug-likeness (QED) is 0.853. The van der Waals surface area contributed by atoms with Crippen molar-refractivity contribution in [2.45, 2.75) is 0 Å². The highest BCUT2D eigenvalue weighted by Crippen LogP contribution is 2.22. The zero-order valence-corrected chi connectivity index (χ0v) is 15.0. The molecule has 0 atom stereocenters. The minimum Gasteiger partial charge on any atom is -0.378 e. The van der Waals surface area contributed by atoms with Crippen molar-refractivity contribution < 1.29 is 17.6 Å². The SMILES string of the molecule is CN(C)c1ccc(N(CC(=O)Nc2ccccc2F)S(C)(=O)=O)cc1. The molecule has 1 N–H and O–H groups in total. The predicted molar refractivity (Wildman–Crippen MR) is 98.0 cm³/mol. The van der Waals surface area contributed by atoms with E-state index in [9.17, 15) is 17.6 Å². The summed E-state index contributed by atoms with van der Waals surface area (Å²) < 4.78 is 38.7. The van der Waals surface area contributed by atoms with Gasteiger partial charge in [0.2, 0.25) is 15.9 Å². The fraction of sp³-hybridized carbons (Fsp3) is 0.235. The van der Waals surface area contributed by atoms with Crippen molar-refractivity contribution in [2.75, 3.05) is 41.4 Å². The molecule has 0 aliphatic rings. The number of sulfonamides is 1. The van der Waals surface area contributed by atoms with Crippen molar-refractivity contribution in [3.63, 3.8) is 0 Å². The van der Waals surface area contributed by atoms with Gasteiger partial charge in [-0.2, -0.15) is 0 Å². The molecule has 0 radical (unpaired) electrons. The minimum absolute atomic E-state index is 0.00362. The number of carbonyl (C=O) groups excluding carboxylic acids is 1. The monoisotopic (exact) mass is 365 g/mol. The maximum Gasteiger partial charge on any atom is 0.245 e. The molecule has 0 spiro atoms. The summed E-state index contributed by atoms with van der Waals surface area (Å²) in [7, 11) is 0.0491. The molecule has 134 valence electrons. The predicted octanol–water partition coefficient (Wildman–Crippen LogP) is 2.30. The molecule has 0 saturated heterocycles. The summed E-state index contributed by atoms with van der Waals surface area (Å²) in [6.07, 6.45) is 1.02. The average molecular weight is 365 g/mol. The summed E-state index contributed by atoms with van der Waals surface area (Å²) >= 11 is 0. The molecule has 0 aliphatic heterocycles. The van der Waals surface area contributed by atoms with E-state index in [1.165, 1.54) is 18.2 Å². The minimum atomic E-state index is -3.68. The van der Waals surface area contributed by atoms with E-state index in [0.717, 1.165) is 16.2 Å². The Morgan fingerprint density at radius 2 is 1.60 bits per heavy atom. The number of amides is 1. The van der Waals surface area contributed by atoms with E-state index in [1.54, 1.807) is 30.3 Å². The van der Waals surface area contributed by atoms with Crippen LogP contribution in [0.4, 0.5) is 21.5 Å². The Labute approximate surface area is 146 Å². The molecular weight excluding hydrogens is 345 g/mol. The van der Waals surface area contributed by atoms with Crippen LogP contribution in [0.1, 0.15) is 0 Å². The Hall–Kier alpha value is -2.61. The molecule has 0 bridgehead atoms. The van der Waals surface area contributed by atoms with E-state index < -0.39 is 28.3 Å². The first-order valence-corrected chi connectivity index (χ1v) is 9.33. The number of nitrogens with one attached hydrogen (secondary N) is 1. The van der Waals surface area contributed by atoms with Crippen molar-refractivity contribution in [3.05, 3.63) is 54.3 Å². The average Bonchev–Trinajstić information content (AvgIpc) is 2.54. The number of benzene rings is 2. The van der Waals surface area contributed by atoms with E-state index in [4.69, 9.17) is 0 Å². The molecule has 2 aromatic rings. The number of hydrogen-bond donors (Lipinski definition) is 1. The van der Waals surface area contributed by atoms with E-state index in [-0.39, 0.29) is 5.69 Å². The van der Waals surface area contributed by atoms with Gasteiger partial charge >= 0.3 is 0 Å². The lowest BCUT2D eigenvalue weighted by Crippen LogP contribution is -2.37. The zero-order valence-electron chi connectivity index (χ0n) is 14.2. The van der Waals surface area contributed by atoms with Crippen molar-refractivity contribution in [1.82, 2.24) is 0 Å². The van der Waals surface area contributed by atoms with Gasteiger partial charge in [-0.3, -0.25) is 9.10 Å². The van der Waals surface area contributed by atoms with Crippen molar-refractivity contribution in [2.24, 2.45) is 0 Å². The van der Waals surface area contributed by atoms with Crippen LogP contribution in [0.15, 0.2) is 48.5 Å². The summed E-state index contributed by atoms with van der Waals surface area (Å²) in [6.45, 7) is -0.450. The second kappa shape index (κ2) is 7.52. The normalized spacial score (nSPS) is 11.0. The Morgan fingerprint density at radius 3 is 2.12 bits per heavy atom. The summed E-state index contributed by atoms with van der Waals surface area (Å²) in [6, 6.07) is 12.4. The van der Waals surface area contributed by atoms with Gasteiger partial charge in [0.15, 0.2) is 0 Å². The van der Waals surface area contributed by atoms with Gasteiger partial charge in [0, 0.05) is 19.8 Å². The fourth-order valence-electron chi connectivity index (χ4n) is 2.20. The van der Waals surface area contributed by atoms with Crippen molar-refractivity contribution >= 4 is 33.0 Å². The van der Waals surface area contributed by atoms with Gasteiger partial charge in [0.1, 0.15) is 12.4 Å². The van der Waals surface area contributed by atoms with E-state index in [2.05, 4.69) is 5.32 Å². The van der Waals surface area contributed by atoms with Crippen LogP contribution < -0.4 is 14.5 Å².